The van der Waals surface area contributed by atoms with Crippen molar-refractivity contribution in [3.8, 4) is 17.3 Å². The predicted octanol–water partition coefficient (Wildman–Crippen LogP) is 1.41. The lowest BCUT2D eigenvalue weighted by molar-refractivity contribution is 0.291. The Balaban J connectivity index is 1.88. The Kier molecular flexibility index (Phi) is 1.87. The molecule has 5 heteroatoms. The second-order valence-electron chi connectivity index (χ2n) is 3.53. The van der Waals surface area contributed by atoms with Crippen LogP contribution >= 0.6 is 0 Å². The van der Waals surface area contributed by atoms with Crippen molar-refractivity contribution < 1.29 is 4.74 Å². The zero-order chi connectivity index (χ0) is 10.1. The highest BCUT2D eigenvalue weighted by atomic mass is 16.5. The fraction of sp³-hybridized carbons (Fsp3) is 0.300. The van der Waals surface area contributed by atoms with Crippen LogP contribution in [0.2, 0.25) is 0 Å². The summed E-state index contributed by atoms with van der Waals surface area (Å²) in [6.07, 6.45) is 4.28. The molecule has 15 heavy (non-hydrogen) atoms. The fourth-order valence-corrected chi connectivity index (χ4v) is 1.30. The van der Waals surface area contributed by atoms with Crippen molar-refractivity contribution in [1.29, 1.82) is 0 Å². The van der Waals surface area contributed by atoms with Crippen molar-refractivity contribution in [2.24, 2.45) is 0 Å². The monoisotopic (exact) mass is 202 g/mol. The van der Waals surface area contributed by atoms with E-state index in [1.807, 2.05) is 18.2 Å². The number of hydrogen-bond donors (Lipinski definition) is 1. The standard InChI is InChI=1S/C10H10N4O/c1-2-8(9-6-11-14-13-9)12-10(3-1)15-7-4-5-7/h1-3,6-7H,4-5H2,(H,11,13,14). The summed E-state index contributed by atoms with van der Waals surface area (Å²) in [5.41, 5.74) is 1.51. The summed E-state index contributed by atoms with van der Waals surface area (Å²) in [5.74, 6) is 0.665. The Labute approximate surface area is 86.5 Å². The Morgan fingerprint density at radius 3 is 2.93 bits per heavy atom. The first-order chi connectivity index (χ1) is 7.42. The molecular formula is C10H10N4O. The van der Waals surface area contributed by atoms with Crippen molar-refractivity contribution in [3.63, 3.8) is 0 Å². The van der Waals surface area contributed by atoms with Crippen LogP contribution in [0.15, 0.2) is 24.4 Å². The Bertz CT molecular complexity index is 450. The maximum Gasteiger partial charge on any atom is 0.214 e. The molecule has 2 heterocycles. The number of aromatic nitrogens is 4. The third-order valence-electron chi connectivity index (χ3n) is 2.21. The Hall–Kier alpha value is -1.91. The van der Waals surface area contributed by atoms with E-state index < -0.39 is 0 Å². The maximum atomic E-state index is 5.59. The SMILES string of the molecule is c1cc(OC2CC2)nc(-c2cn[nH]n2)c1. The van der Waals surface area contributed by atoms with Gasteiger partial charge in [0.05, 0.1) is 11.9 Å². The lowest BCUT2D eigenvalue weighted by Gasteiger charge is -2.03. The summed E-state index contributed by atoms with van der Waals surface area (Å²) >= 11 is 0. The second-order valence-corrected chi connectivity index (χ2v) is 3.53. The molecule has 1 aliphatic carbocycles. The van der Waals surface area contributed by atoms with E-state index in [0.29, 0.717) is 12.0 Å². The summed E-state index contributed by atoms with van der Waals surface area (Å²) < 4.78 is 5.59. The van der Waals surface area contributed by atoms with Crippen LogP contribution in [0.3, 0.4) is 0 Å². The molecule has 0 bridgehead atoms. The van der Waals surface area contributed by atoms with Gasteiger partial charge in [-0.1, -0.05) is 6.07 Å². The first-order valence-electron chi connectivity index (χ1n) is 4.92. The van der Waals surface area contributed by atoms with Crippen molar-refractivity contribution in [2.45, 2.75) is 18.9 Å². The topological polar surface area (TPSA) is 63.7 Å². The lowest BCUT2D eigenvalue weighted by Crippen LogP contribution is -1.98. The van der Waals surface area contributed by atoms with E-state index in [2.05, 4.69) is 20.4 Å². The number of H-pyrrole nitrogens is 1. The number of nitrogens with zero attached hydrogens (tertiary/aromatic N) is 3. The zero-order valence-corrected chi connectivity index (χ0v) is 8.05. The molecule has 76 valence electrons. The summed E-state index contributed by atoms with van der Waals surface area (Å²) in [5, 5.41) is 10.3. The van der Waals surface area contributed by atoms with Gasteiger partial charge in [0.1, 0.15) is 11.8 Å². The van der Waals surface area contributed by atoms with Gasteiger partial charge in [-0.25, -0.2) is 4.98 Å². The van der Waals surface area contributed by atoms with Crippen LogP contribution < -0.4 is 4.74 Å². The molecule has 0 amide bonds. The van der Waals surface area contributed by atoms with E-state index in [4.69, 9.17) is 4.74 Å². The molecule has 0 atom stereocenters. The first kappa shape index (κ1) is 8.40. The molecule has 3 rings (SSSR count). The highest BCUT2D eigenvalue weighted by Crippen LogP contribution is 2.26. The molecule has 1 N–H and O–H groups in total. The Morgan fingerprint density at radius 2 is 2.20 bits per heavy atom. The Morgan fingerprint density at radius 1 is 1.27 bits per heavy atom. The second kappa shape index (κ2) is 3.34. The molecule has 0 radical (unpaired) electrons. The van der Waals surface area contributed by atoms with E-state index in [1.54, 1.807) is 6.20 Å². The summed E-state index contributed by atoms with van der Waals surface area (Å²) in [6.45, 7) is 0. The van der Waals surface area contributed by atoms with Crippen molar-refractivity contribution in [2.75, 3.05) is 0 Å². The van der Waals surface area contributed by atoms with Gasteiger partial charge in [-0.2, -0.15) is 15.4 Å². The van der Waals surface area contributed by atoms with E-state index in [-0.39, 0.29) is 0 Å². The molecule has 1 aliphatic rings. The lowest BCUT2D eigenvalue weighted by atomic mass is 10.3. The van der Waals surface area contributed by atoms with E-state index in [0.717, 1.165) is 24.2 Å². The number of hydrogen-bond acceptors (Lipinski definition) is 4. The van der Waals surface area contributed by atoms with Gasteiger partial charge in [-0.15, -0.1) is 0 Å². The number of aromatic amines is 1. The fourth-order valence-electron chi connectivity index (χ4n) is 1.30. The molecule has 1 saturated carbocycles. The molecular weight excluding hydrogens is 192 g/mol. The van der Waals surface area contributed by atoms with Crippen LogP contribution in [-0.4, -0.2) is 26.5 Å². The number of ether oxygens (including phenoxy) is 1. The van der Waals surface area contributed by atoms with E-state index in [9.17, 15) is 0 Å². The predicted molar refractivity (Wildman–Crippen MR) is 53.3 cm³/mol. The molecule has 0 spiro atoms. The third kappa shape index (κ3) is 1.81. The minimum absolute atomic E-state index is 0.366. The average Bonchev–Trinajstić information content (AvgIpc) is 2.91. The van der Waals surface area contributed by atoms with Crippen LogP contribution in [-0.2, 0) is 0 Å². The minimum atomic E-state index is 0.366. The maximum absolute atomic E-state index is 5.59. The number of rotatable bonds is 3. The first-order valence-corrected chi connectivity index (χ1v) is 4.92. The van der Waals surface area contributed by atoms with Gasteiger partial charge in [-0.3, -0.25) is 0 Å². The third-order valence-corrected chi connectivity index (χ3v) is 2.21. The highest BCUT2D eigenvalue weighted by molar-refractivity contribution is 5.52. The van der Waals surface area contributed by atoms with Crippen molar-refractivity contribution in [3.05, 3.63) is 24.4 Å². The molecule has 0 saturated heterocycles. The van der Waals surface area contributed by atoms with Crippen molar-refractivity contribution in [1.82, 2.24) is 20.4 Å². The smallest absolute Gasteiger partial charge is 0.214 e. The molecule has 2 aromatic rings. The van der Waals surface area contributed by atoms with Crippen LogP contribution in [0.4, 0.5) is 0 Å². The largest absolute Gasteiger partial charge is 0.474 e. The van der Waals surface area contributed by atoms with E-state index in [1.165, 1.54) is 0 Å². The quantitative estimate of drug-likeness (QED) is 0.817. The van der Waals surface area contributed by atoms with Gasteiger partial charge in [0, 0.05) is 6.07 Å². The van der Waals surface area contributed by atoms with Crippen LogP contribution in [0.5, 0.6) is 5.88 Å². The van der Waals surface area contributed by atoms with Gasteiger partial charge < -0.3 is 4.74 Å². The van der Waals surface area contributed by atoms with Crippen LogP contribution in [0.25, 0.3) is 11.4 Å². The van der Waals surface area contributed by atoms with Crippen LogP contribution in [0, 0.1) is 0 Å². The zero-order valence-electron chi connectivity index (χ0n) is 8.05. The average molecular weight is 202 g/mol. The van der Waals surface area contributed by atoms with Gasteiger partial charge in [0.2, 0.25) is 5.88 Å². The number of pyridine rings is 1. The normalized spacial score (nSPS) is 15.2. The van der Waals surface area contributed by atoms with Gasteiger partial charge >= 0.3 is 0 Å². The summed E-state index contributed by atoms with van der Waals surface area (Å²) in [6, 6.07) is 5.66. The van der Waals surface area contributed by atoms with Gasteiger partial charge in [0.15, 0.2) is 0 Å². The van der Waals surface area contributed by atoms with E-state index >= 15 is 0 Å². The van der Waals surface area contributed by atoms with Crippen LogP contribution in [0.1, 0.15) is 12.8 Å². The molecule has 0 aromatic carbocycles. The molecule has 0 aliphatic heterocycles. The molecule has 5 nitrogen and oxygen atoms in total. The summed E-state index contributed by atoms with van der Waals surface area (Å²) in [4.78, 5) is 4.35. The number of nitrogens with one attached hydrogen (secondary N) is 1. The highest BCUT2D eigenvalue weighted by Gasteiger charge is 2.24. The molecule has 0 unspecified atom stereocenters. The van der Waals surface area contributed by atoms with Gasteiger partial charge in [-0.05, 0) is 18.9 Å². The molecule has 1 fully saturated rings. The van der Waals surface area contributed by atoms with Gasteiger partial charge in [0.25, 0.3) is 0 Å². The molecule has 2 aromatic heterocycles. The van der Waals surface area contributed by atoms with Crippen molar-refractivity contribution >= 4 is 0 Å². The summed E-state index contributed by atoms with van der Waals surface area (Å²) in [7, 11) is 0. The minimum Gasteiger partial charge on any atom is -0.474 e.